The predicted octanol–water partition coefficient (Wildman–Crippen LogP) is 1.08. The molecule has 2 heterocycles. The van der Waals surface area contributed by atoms with Gasteiger partial charge in [-0.05, 0) is 6.92 Å². The topological polar surface area (TPSA) is 101 Å². The largest absolute Gasteiger partial charge is 0.476 e. The number of nitrogens with zero attached hydrogens (tertiary/aromatic N) is 3. The van der Waals surface area contributed by atoms with Crippen LogP contribution in [0.5, 0.6) is 0 Å². The molecule has 0 aliphatic carbocycles. The number of carboxylic acid groups (broad SMARTS) is 1. The van der Waals surface area contributed by atoms with Crippen LogP contribution in [-0.2, 0) is 6.54 Å². The molecule has 0 amide bonds. The number of nitrogens with one attached hydrogen (secondary N) is 1. The molecule has 0 unspecified atom stereocenters. The van der Waals surface area contributed by atoms with Crippen molar-refractivity contribution in [3.63, 3.8) is 0 Å². The minimum atomic E-state index is -1.12. The van der Waals surface area contributed by atoms with Crippen molar-refractivity contribution in [3.05, 3.63) is 35.9 Å². The fraction of sp³-hybridized carbons (Fsp3) is 0.200. The van der Waals surface area contributed by atoms with Gasteiger partial charge in [0.25, 0.3) is 0 Å². The first-order valence-corrected chi connectivity index (χ1v) is 4.85. The summed E-state index contributed by atoms with van der Waals surface area (Å²) in [5.41, 5.74) is -0.112. The lowest BCUT2D eigenvalue weighted by molar-refractivity contribution is 0.0690. The van der Waals surface area contributed by atoms with E-state index in [1.165, 1.54) is 12.4 Å². The number of hydrogen-bond acceptors (Lipinski definition) is 6. The number of anilines is 1. The second-order valence-electron chi connectivity index (χ2n) is 3.31. The summed E-state index contributed by atoms with van der Waals surface area (Å²) in [6.07, 6.45) is 4.22. The first-order valence-electron chi connectivity index (χ1n) is 4.85. The van der Waals surface area contributed by atoms with Crippen molar-refractivity contribution in [1.29, 1.82) is 0 Å². The van der Waals surface area contributed by atoms with E-state index in [1.807, 2.05) is 0 Å². The van der Waals surface area contributed by atoms with Crippen LogP contribution in [0.3, 0.4) is 0 Å². The van der Waals surface area contributed by atoms with Gasteiger partial charge in [-0.2, -0.15) is 0 Å². The summed E-state index contributed by atoms with van der Waals surface area (Å²) in [6, 6.07) is 0. The van der Waals surface area contributed by atoms with Crippen LogP contribution in [0.4, 0.5) is 5.82 Å². The lowest BCUT2D eigenvalue weighted by atomic mass is 10.4. The van der Waals surface area contributed by atoms with E-state index in [2.05, 4.69) is 20.3 Å². The molecule has 2 aromatic rings. The Balaban J connectivity index is 2.04. The Hall–Kier alpha value is -2.44. The first-order chi connectivity index (χ1) is 8.15. The van der Waals surface area contributed by atoms with Crippen LogP contribution in [0.2, 0.25) is 0 Å². The maximum absolute atomic E-state index is 10.7. The van der Waals surface area contributed by atoms with Crippen LogP contribution in [0, 0.1) is 6.92 Å². The molecule has 0 aliphatic rings. The SMILES string of the molecule is Cc1cnc(CNc2cncc(C(=O)O)n2)o1. The summed E-state index contributed by atoms with van der Waals surface area (Å²) in [4.78, 5) is 22.3. The van der Waals surface area contributed by atoms with Crippen molar-refractivity contribution in [3.8, 4) is 0 Å². The number of rotatable bonds is 4. The quantitative estimate of drug-likeness (QED) is 0.816. The van der Waals surface area contributed by atoms with E-state index in [1.54, 1.807) is 13.1 Å². The van der Waals surface area contributed by atoms with Gasteiger partial charge in [-0.3, -0.25) is 4.98 Å². The van der Waals surface area contributed by atoms with Gasteiger partial charge >= 0.3 is 5.97 Å². The van der Waals surface area contributed by atoms with Gasteiger partial charge in [-0.25, -0.2) is 14.8 Å². The van der Waals surface area contributed by atoms with Gasteiger partial charge in [0, 0.05) is 0 Å². The molecule has 2 N–H and O–H groups in total. The van der Waals surface area contributed by atoms with Crippen molar-refractivity contribution < 1.29 is 14.3 Å². The number of oxazole rings is 1. The number of carbonyl (C=O) groups is 1. The van der Waals surface area contributed by atoms with Crippen LogP contribution < -0.4 is 5.32 Å². The summed E-state index contributed by atoms with van der Waals surface area (Å²) in [7, 11) is 0. The highest BCUT2D eigenvalue weighted by Gasteiger charge is 2.06. The Morgan fingerprint density at radius 2 is 2.29 bits per heavy atom. The summed E-state index contributed by atoms with van der Waals surface area (Å²) >= 11 is 0. The van der Waals surface area contributed by atoms with Crippen LogP contribution in [0.25, 0.3) is 0 Å². The predicted molar refractivity (Wildman–Crippen MR) is 57.6 cm³/mol. The van der Waals surface area contributed by atoms with Crippen molar-refractivity contribution in [2.75, 3.05) is 5.32 Å². The zero-order valence-electron chi connectivity index (χ0n) is 9.04. The van der Waals surface area contributed by atoms with Crippen LogP contribution in [0.1, 0.15) is 22.1 Å². The molecule has 2 aromatic heterocycles. The molecule has 7 heteroatoms. The van der Waals surface area contributed by atoms with Crippen LogP contribution in [0.15, 0.2) is 23.0 Å². The Morgan fingerprint density at radius 3 is 2.94 bits per heavy atom. The minimum absolute atomic E-state index is 0.112. The van der Waals surface area contributed by atoms with E-state index in [0.29, 0.717) is 24.0 Å². The zero-order chi connectivity index (χ0) is 12.3. The normalized spacial score (nSPS) is 10.2. The van der Waals surface area contributed by atoms with Gasteiger partial charge in [0.2, 0.25) is 5.89 Å². The van der Waals surface area contributed by atoms with Gasteiger partial charge < -0.3 is 14.8 Å². The molecule has 2 rings (SSSR count). The third kappa shape index (κ3) is 2.77. The lowest BCUT2D eigenvalue weighted by Gasteiger charge is -2.02. The Bertz CT molecular complexity index is 538. The summed E-state index contributed by atoms with van der Waals surface area (Å²) in [5.74, 6) is 0.464. The third-order valence-electron chi connectivity index (χ3n) is 1.94. The second-order valence-corrected chi connectivity index (χ2v) is 3.31. The average molecular weight is 234 g/mol. The molecule has 0 radical (unpaired) electrons. The molecule has 0 atom stereocenters. The minimum Gasteiger partial charge on any atom is -0.476 e. The van der Waals surface area contributed by atoms with Crippen LogP contribution in [-0.4, -0.2) is 26.0 Å². The molecule has 0 saturated heterocycles. The standard InChI is InChI=1S/C10H10N4O3/c1-6-2-13-9(17-6)5-12-8-4-11-3-7(14-8)10(15)16/h2-4H,5H2,1H3,(H,12,14)(H,15,16). The van der Waals surface area contributed by atoms with Gasteiger partial charge in [0.15, 0.2) is 5.69 Å². The Kier molecular flexibility index (Phi) is 2.99. The third-order valence-corrected chi connectivity index (χ3v) is 1.94. The Morgan fingerprint density at radius 1 is 1.47 bits per heavy atom. The summed E-state index contributed by atoms with van der Waals surface area (Å²) in [5, 5.41) is 11.6. The number of carboxylic acids is 1. The molecule has 17 heavy (non-hydrogen) atoms. The number of aryl methyl sites for hydroxylation is 1. The average Bonchev–Trinajstić information content (AvgIpc) is 2.73. The maximum atomic E-state index is 10.7. The van der Waals surface area contributed by atoms with Gasteiger partial charge in [-0.15, -0.1) is 0 Å². The molecule has 0 aliphatic heterocycles. The molecule has 0 aromatic carbocycles. The summed E-state index contributed by atoms with van der Waals surface area (Å²) in [6.45, 7) is 2.12. The summed E-state index contributed by atoms with van der Waals surface area (Å²) < 4.78 is 5.24. The van der Waals surface area contributed by atoms with Gasteiger partial charge in [-0.1, -0.05) is 0 Å². The highest BCUT2D eigenvalue weighted by Crippen LogP contribution is 2.06. The highest BCUT2D eigenvalue weighted by atomic mass is 16.4. The molecule has 88 valence electrons. The monoisotopic (exact) mass is 234 g/mol. The molecule has 0 fully saturated rings. The lowest BCUT2D eigenvalue weighted by Crippen LogP contribution is -2.06. The van der Waals surface area contributed by atoms with E-state index in [4.69, 9.17) is 9.52 Å². The maximum Gasteiger partial charge on any atom is 0.356 e. The van der Waals surface area contributed by atoms with E-state index in [0.717, 1.165) is 0 Å². The number of aromatic nitrogens is 3. The van der Waals surface area contributed by atoms with Crippen molar-refractivity contribution in [2.45, 2.75) is 13.5 Å². The number of aromatic carboxylic acids is 1. The fourth-order valence-corrected chi connectivity index (χ4v) is 1.20. The fourth-order valence-electron chi connectivity index (χ4n) is 1.20. The molecule has 0 spiro atoms. The van der Waals surface area contributed by atoms with Crippen molar-refractivity contribution >= 4 is 11.8 Å². The molecule has 0 bridgehead atoms. The van der Waals surface area contributed by atoms with Crippen molar-refractivity contribution in [1.82, 2.24) is 15.0 Å². The molecule has 0 saturated carbocycles. The van der Waals surface area contributed by atoms with E-state index in [9.17, 15) is 4.79 Å². The van der Waals surface area contributed by atoms with Crippen LogP contribution >= 0.6 is 0 Å². The molecular formula is C10H10N4O3. The zero-order valence-corrected chi connectivity index (χ0v) is 9.04. The van der Waals surface area contributed by atoms with Crippen molar-refractivity contribution in [2.24, 2.45) is 0 Å². The van der Waals surface area contributed by atoms with E-state index < -0.39 is 5.97 Å². The number of hydrogen-bond donors (Lipinski definition) is 2. The Labute approximate surface area is 96.5 Å². The molecular weight excluding hydrogens is 224 g/mol. The highest BCUT2D eigenvalue weighted by molar-refractivity contribution is 5.85. The second kappa shape index (κ2) is 4.60. The van der Waals surface area contributed by atoms with Gasteiger partial charge in [0.1, 0.15) is 11.6 Å². The smallest absolute Gasteiger partial charge is 0.356 e. The van der Waals surface area contributed by atoms with E-state index >= 15 is 0 Å². The van der Waals surface area contributed by atoms with Gasteiger partial charge in [0.05, 0.1) is 25.1 Å². The molecule has 7 nitrogen and oxygen atoms in total. The van der Waals surface area contributed by atoms with E-state index in [-0.39, 0.29) is 5.69 Å². The first kappa shape index (κ1) is 11.1.